The fourth-order valence-corrected chi connectivity index (χ4v) is 3.27. The second-order valence-corrected chi connectivity index (χ2v) is 7.29. The normalized spacial score (nSPS) is 10.6. The van der Waals surface area contributed by atoms with Crippen LogP contribution in [-0.2, 0) is 11.2 Å². The van der Waals surface area contributed by atoms with Gasteiger partial charge in [-0.1, -0.05) is 54.2 Å². The Morgan fingerprint density at radius 2 is 1.86 bits per heavy atom. The van der Waals surface area contributed by atoms with Crippen LogP contribution in [0.15, 0.2) is 58.5 Å². The van der Waals surface area contributed by atoms with Gasteiger partial charge in [0, 0.05) is 12.1 Å². The number of nitrogens with zero attached hydrogens (tertiary/aromatic N) is 3. The van der Waals surface area contributed by atoms with Crippen molar-refractivity contribution in [2.24, 2.45) is 0 Å². The lowest BCUT2D eigenvalue weighted by Gasteiger charge is -2.11. The van der Waals surface area contributed by atoms with E-state index in [1.807, 2.05) is 62.4 Å². The number of anilines is 1. The number of benzene rings is 2. The van der Waals surface area contributed by atoms with Gasteiger partial charge in [-0.3, -0.25) is 9.59 Å². The molecular weight excluding hydrogens is 374 g/mol. The molecular formula is C20H21N5O2S. The standard InChI is InChI=1S/C20H21N5O2S/c1-13-7-6-10-16(14(13)2)22-18(26)12-28-20-24-23-17(19(27)25(20)21)11-15-8-4-3-5-9-15/h3-10H,11-12,21H2,1-2H3,(H,22,26). The van der Waals surface area contributed by atoms with Crippen LogP contribution in [0.25, 0.3) is 0 Å². The van der Waals surface area contributed by atoms with Gasteiger partial charge in [0.05, 0.1) is 5.75 Å². The number of rotatable bonds is 6. The van der Waals surface area contributed by atoms with Crippen molar-refractivity contribution in [2.45, 2.75) is 25.4 Å². The highest BCUT2D eigenvalue weighted by Gasteiger charge is 2.13. The van der Waals surface area contributed by atoms with E-state index in [2.05, 4.69) is 15.5 Å². The maximum Gasteiger partial charge on any atom is 0.294 e. The molecule has 2 aromatic carbocycles. The molecule has 0 saturated carbocycles. The fourth-order valence-electron chi connectivity index (χ4n) is 2.62. The SMILES string of the molecule is Cc1cccc(NC(=O)CSc2nnc(Cc3ccccc3)c(=O)n2N)c1C. The number of amides is 1. The van der Waals surface area contributed by atoms with Crippen molar-refractivity contribution < 1.29 is 4.79 Å². The summed E-state index contributed by atoms with van der Waals surface area (Å²) in [5, 5.41) is 11.1. The van der Waals surface area contributed by atoms with E-state index in [4.69, 9.17) is 5.84 Å². The van der Waals surface area contributed by atoms with Crippen molar-refractivity contribution in [3.63, 3.8) is 0 Å². The minimum atomic E-state index is -0.420. The van der Waals surface area contributed by atoms with Crippen molar-refractivity contribution in [1.82, 2.24) is 14.9 Å². The van der Waals surface area contributed by atoms with Gasteiger partial charge in [-0.15, -0.1) is 10.2 Å². The van der Waals surface area contributed by atoms with E-state index in [9.17, 15) is 9.59 Å². The molecule has 0 saturated heterocycles. The van der Waals surface area contributed by atoms with Gasteiger partial charge in [-0.05, 0) is 36.6 Å². The average Bonchev–Trinajstić information content (AvgIpc) is 2.69. The van der Waals surface area contributed by atoms with Crippen LogP contribution in [-0.4, -0.2) is 26.5 Å². The third kappa shape index (κ3) is 4.58. The average molecular weight is 395 g/mol. The molecule has 0 aliphatic carbocycles. The molecule has 1 amide bonds. The number of hydrogen-bond acceptors (Lipinski definition) is 6. The molecule has 0 fully saturated rings. The summed E-state index contributed by atoms with van der Waals surface area (Å²) in [6.07, 6.45) is 0.349. The first-order valence-corrected chi connectivity index (χ1v) is 9.70. The molecule has 28 heavy (non-hydrogen) atoms. The summed E-state index contributed by atoms with van der Waals surface area (Å²) in [7, 11) is 0. The van der Waals surface area contributed by atoms with E-state index >= 15 is 0 Å². The van der Waals surface area contributed by atoms with Crippen LogP contribution in [0, 0.1) is 13.8 Å². The Balaban J connectivity index is 1.66. The van der Waals surface area contributed by atoms with Crippen LogP contribution in [0.2, 0.25) is 0 Å². The Bertz CT molecular complexity index is 1050. The number of carbonyl (C=O) groups is 1. The first-order chi connectivity index (χ1) is 13.5. The zero-order valence-electron chi connectivity index (χ0n) is 15.7. The van der Waals surface area contributed by atoms with Gasteiger partial charge in [0.2, 0.25) is 11.1 Å². The molecule has 0 aliphatic heterocycles. The van der Waals surface area contributed by atoms with Crippen LogP contribution in [0.3, 0.4) is 0 Å². The number of aryl methyl sites for hydroxylation is 1. The predicted molar refractivity (Wildman–Crippen MR) is 111 cm³/mol. The number of carbonyl (C=O) groups excluding carboxylic acids is 1. The van der Waals surface area contributed by atoms with Gasteiger partial charge in [0.1, 0.15) is 5.69 Å². The Labute approximate surface area is 167 Å². The number of aromatic nitrogens is 3. The number of hydrogen-bond donors (Lipinski definition) is 2. The lowest BCUT2D eigenvalue weighted by molar-refractivity contribution is -0.113. The Morgan fingerprint density at radius 3 is 2.61 bits per heavy atom. The largest absolute Gasteiger partial charge is 0.334 e. The number of nitrogens with two attached hydrogens (primary N) is 1. The van der Waals surface area contributed by atoms with Gasteiger partial charge in [0.15, 0.2) is 0 Å². The summed E-state index contributed by atoms with van der Waals surface area (Å²) in [4.78, 5) is 24.7. The van der Waals surface area contributed by atoms with Crippen LogP contribution < -0.4 is 16.7 Å². The van der Waals surface area contributed by atoms with Crippen LogP contribution >= 0.6 is 11.8 Å². The summed E-state index contributed by atoms with van der Waals surface area (Å²) in [6, 6.07) is 15.2. The lowest BCUT2D eigenvalue weighted by Crippen LogP contribution is -2.34. The zero-order chi connectivity index (χ0) is 20.1. The highest BCUT2D eigenvalue weighted by Crippen LogP contribution is 2.19. The second-order valence-electron chi connectivity index (χ2n) is 6.35. The van der Waals surface area contributed by atoms with E-state index in [1.165, 1.54) is 0 Å². The molecule has 0 aliphatic rings. The molecule has 0 atom stereocenters. The lowest BCUT2D eigenvalue weighted by atomic mass is 10.1. The predicted octanol–water partition coefficient (Wildman–Crippen LogP) is 2.29. The molecule has 7 nitrogen and oxygen atoms in total. The summed E-state index contributed by atoms with van der Waals surface area (Å²) >= 11 is 1.07. The van der Waals surface area contributed by atoms with Crippen LogP contribution in [0.4, 0.5) is 5.69 Å². The van der Waals surface area contributed by atoms with Crippen molar-refractivity contribution >= 4 is 23.4 Å². The van der Waals surface area contributed by atoms with Crippen molar-refractivity contribution in [3.05, 3.63) is 81.3 Å². The molecule has 0 bridgehead atoms. The van der Waals surface area contributed by atoms with Gasteiger partial charge >= 0.3 is 0 Å². The summed E-state index contributed by atoms with van der Waals surface area (Å²) in [5.74, 6) is 5.73. The molecule has 3 aromatic rings. The quantitative estimate of drug-likeness (QED) is 0.490. The molecule has 8 heteroatoms. The van der Waals surface area contributed by atoms with E-state index in [0.717, 1.165) is 38.8 Å². The monoisotopic (exact) mass is 395 g/mol. The molecule has 0 spiro atoms. The van der Waals surface area contributed by atoms with Gasteiger partial charge in [0.25, 0.3) is 5.56 Å². The number of thioether (sulfide) groups is 1. The number of nitrogens with one attached hydrogen (secondary N) is 1. The minimum Gasteiger partial charge on any atom is -0.334 e. The maximum absolute atomic E-state index is 12.4. The summed E-state index contributed by atoms with van der Waals surface area (Å²) < 4.78 is 0.946. The topological polar surface area (TPSA) is 103 Å². The maximum atomic E-state index is 12.4. The van der Waals surface area contributed by atoms with E-state index in [1.54, 1.807) is 0 Å². The summed E-state index contributed by atoms with van der Waals surface area (Å²) in [6.45, 7) is 3.94. The Kier molecular flexibility index (Phi) is 6.10. The molecule has 144 valence electrons. The number of nitrogen functional groups attached to an aromatic ring is 1. The van der Waals surface area contributed by atoms with Crippen molar-refractivity contribution in [3.8, 4) is 0 Å². The van der Waals surface area contributed by atoms with Crippen molar-refractivity contribution in [1.29, 1.82) is 0 Å². The van der Waals surface area contributed by atoms with Crippen LogP contribution in [0.5, 0.6) is 0 Å². The van der Waals surface area contributed by atoms with Crippen LogP contribution in [0.1, 0.15) is 22.4 Å². The van der Waals surface area contributed by atoms with Gasteiger partial charge in [-0.2, -0.15) is 4.68 Å². The van der Waals surface area contributed by atoms with Crippen molar-refractivity contribution in [2.75, 3.05) is 16.9 Å². The zero-order valence-corrected chi connectivity index (χ0v) is 16.5. The van der Waals surface area contributed by atoms with Gasteiger partial charge < -0.3 is 11.2 Å². The first kappa shape index (κ1) is 19.6. The third-order valence-electron chi connectivity index (χ3n) is 4.35. The third-order valence-corrected chi connectivity index (χ3v) is 5.30. The fraction of sp³-hybridized carbons (Fsp3) is 0.200. The molecule has 0 unspecified atom stereocenters. The Morgan fingerprint density at radius 1 is 1.11 bits per heavy atom. The molecule has 1 heterocycles. The van der Waals surface area contributed by atoms with Gasteiger partial charge in [-0.25, -0.2) is 0 Å². The Hall–Kier alpha value is -3.13. The van der Waals surface area contributed by atoms with E-state index < -0.39 is 5.56 Å². The summed E-state index contributed by atoms with van der Waals surface area (Å²) in [5.41, 5.74) is 3.67. The molecule has 0 radical (unpaired) electrons. The first-order valence-electron chi connectivity index (χ1n) is 8.72. The molecule has 1 aromatic heterocycles. The van der Waals surface area contributed by atoms with E-state index in [-0.39, 0.29) is 22.5 Å². The minimum absolute atomic E-state index is 0.0662. The molecule has 3 N–H and O–H groups in total. The van der Waals surface area contributed by atoms with E-state index in [0.29, 0.717) is 6.42 Å². The highest BCUT2D eigenvalue weighted by molar-refractivity contribution is 7.99. The molecule has 3 rings (SSSR count). The second kappa shape index (κ2) is 8.71. The highest BCUT2D eigenvalue weighted by atomic mass is 32.2. The smallest absolute Gasteiger partial charge is 0.294 e.